The molecule has 1 aliphatic rings. The van der Waals surface area contributed by atoms with Crippen molar-refractivity contribution in [2.24, 2.45) is 5.92 Å². The molecule has 166 valence electrons. The van der Waals surface area contributed by atoms with Crippen LogP contribution >= 0.6 is 0 Å². The first kappa shape index (κ1) is 22.7. The maximum atomic E-state index is 12.7. The molecule has 31 heavy (non-hydrogen) atoms. The lowest BCUT2D eigenvalue weighted by atomic mass is 10.1. The zero-order valence-electron chi connectivity index (χ0n) is 18.5. The van der Waals surface area contributed by atoms with E-state index in [2.05, 4.69) is 24.5 Å². The Labute approximate surface area is 185 Å². The summed E-state index contributed by atoms with van der Waals surface area (Å²) in [7, 11) is 0. The van der Waals surface area contributed by atoms with Gasteiger partial charge in [-0.2, -0.15) is 0 Å². The summed E-state index contributed by atoms with van der Waals surface area (Å²) in [4.78, 5) is 26.9. The van der Waals surface area contributed by atoms with Crippen LogP contribution in [-0.4, -0.2) is 43.0 Å². The van der Waals surface area contributed by atoms with Gasteiger partial charge in [0.05, 0.1) is 13.2 Å². The zero-order chi connectivity index (χ0) is 22.1. The minimum Gasteiger partial charge on any atom is -0.493 e. The Morgan fingerprint density at radius 3 is 2.35 bits per heavy atom. The third-order valence-electron chi connectivity index (χ3n) is 5.18. The van der Waals surface area contributed by atoms with Gasteiger partial charge in [0, 0.05) is 36.1 Å². The molecule has 0 spiro atoms. The van der Waals surface area contributed by atoms with E-state index in [9.17, 15) is 9.59 Å². The van der Waals surface area contributed by atoms with Crippen LogP contribution in [0.2, 0.25) is 0 Å². The van der Waals surface area contributed by atoms with Crippen LogP contribution in [0.25, 0.3) is 0 Å². The molecule has 0 radical (unpaired) electrons. The van der Waals surface area contributed by atoms with Crippen LogP contribution in [0.5, 0.6) is 5.75 Å². The summed E-state index contributed by atoms with van der Waals surface area (Å²) in [6.45, 7) is 6.63. The fourth-order valence-corrected chi connectivity index (χ4v) is 3.50. The largest absolute Gasteiger partial charge is 0.493 e. The van der Waals surface area contributed by atoms with E-state index >= 15 is 0 Å². The summed E-state index contributed by atoms with van der Waals surface area (Å²) >= 11 is 0. The lowest BCUT2D eigenvalue weighted by Crippen LogP contribution is -2.31. The van der Waals surface area contributed by atoms with Gasteiger partial charge < -0.3 is 20.3 Å². The number of anilines is 2. The van der Waals surface area contributed by atoms with Crippen molar-refractivity contribution in [2.45, 2.75) is 39.5 Å². The topological polar surface area (TPSA) is 70.7 Å². The molecule has 2 N–H and O–H groups in total. The second-order valence-corrected chi connectivity index (χ2v) is 8.42. The van der Waals surface area contributed by atoms with Crippen LogP contribution in [0.4, 0.5) is 11.4 Å². The van der Waals surface area contributed by atoms with E-state index in [0.717, 1.165) is 37.4 Å². The number of nitrogens with zero attached hydrogens (tertiary/aromatic N) is 1. The van der Waals surface area contributed by atoms with Crippen LogP contribution in [0, 0.1) is 5.92 Å². The van der Waals surface area contributed by atoms with Crippen molar-refractivity contribution in [3.8, 4) is 5.75 Å². The first-order valence-corrected chi connectivity index (χ1v) is 11.2. The van der Waals surface area contributed by atoms with Crippen LogP contribution in [0.3, 0.4) is 0 Å². The van der Waals surface area contributed by atoms with Gasteiger partial charge in [-0.3, -0.25) is 9.59 Å². The molecule has 0 bridgehead atoms. The lowest BCUT2D eigenvalue weighted by Gasteiger charge is -2.20. The minimum atomic E-state index is -0.147. The first-order valence-electron chi connectivity index (χ1n) is 11.2. The van der Waals surface area contributed by atoms with Crippen molar-refractivity contribution in [2.75, 3.05) is 36.9 Å². The molecule has 1 fully saturated rings. The van der Waals surface area contributed by atoms with Crippen molar-refractivity contribution in [1.82, 2.24) is 4.90 Å². The number of benzene rings is 2. The Balaban J connectivity index is 1.48. The second-order valence-electron chi connectivity index (χ2n) is 8.42. The molecular formula is C25H33N3O3. The maximum Gasteiger partial charge on any atom is 0.253 e. The predicted molar refractivity (Wildman–Crippen MR) is 125 cm³/mol. The molecule has 0 saturated carbocycles. The average Bonchev–Trinajstić information content (AvgIpc) is 3.06. The maximum absolute atomic E-state index is 12.7. The van der Waals surface area contributed by atoms with Crippen LogP contribution in [-0.2, 0) is 4.79 Å². The van der Waals surface area contributed by atoms with Gasteiger partial charge >= 0.3 is 0 Å². The Morgan fingerprint density at radius 2 is 1.68 bits per heavy atom. The van der Waals surface area contributed by atoms with Crippen LogP contribution in [0.15, 0.2) is 48.5 Å². The summed E-state index contributed by atoms with van der Waals surface area (Å²) in [5.74, 6) is 1.12. The van der Waals surface area contributed by atoms with Crippen molar-refractivity contribution in [3.05, 3.63) is 54.1 Å². The van der Waals surface area contributed by atoms with Crippen molar-refractivity contribution >= 4 is 23.2 Å². The highest BCUT2D eigenvalue weighted by molar-refractivity contribution is 5.95. The van der Waals surface area contributed by atoms with Gasteiger partial charge in [-0.25, -0.2) is 0 Å². The number of rotatable bonds is 8. The zero-order valence-corrected chi connectivity index (χ0v) is 18.5. The molecule has 1 saturated heterocycles. The Hall–Kier alpha value is -3.02. The number of carbonyl (C=O) groups excluding carboxylic acids is 2. The molecule has 0 unspecified atom stereocenters. The second kappa shape index (κ2) is 11.4. The van der Waals surface area contributed by atoms with Gasteiger partial charge in [-0.05, 0) is 55.2 Å². The summed E-state index contributed by atoms with van der Waals surface area (Å²) < 4.78 is 5.70. The summed E-state index contributed by atoms with van der Waals surface area (Å²) in [5, 5.41) is 5.98. The molecule has 0 atom stereocenters. The molecule has 2 aromatic carbocycles. The SMILES string of the molecule is CC(C)COc1cccc(NC(=O)CNc2ccc(C(=O)N3CCCCCC3)cc2)c1. The van der Waals surface area contributed by atoms with Gasteiger partial charge in [0.2, 0.25) is 5.91 Å². The summed E-state index contributed by atoms with van der Waals surface area (Å²) in [6.07, 6.45) is 4.55. The highest BCUT2D eigenvalue weighted by Gasteiger charge is 2.17. The smallest absolute Gasteiger partial charge is 0.253 e. The Morgan fingerprint density at radius 1 is 0.968 bits per heavy atom. The van der Waals surface area contributed by atoms with E-state index in [1.54, 1.807) is 0 Å². The minimum absolute atomic E-state index is 0.0887. The van der Waals surface area contributed by atoms with E-state index in [0.29, 0.717) is 23.8 Å². The molecule has 0 aliphatic carbocycles. The number of hydrogen-bond acceptors (Lipinski definition) is 4. The highest BCUT2D eigenvalue weighted by Crippen LogP contribution is 2.18. The first-order chi connectivity index (χ1) is 15.0. The summed E-state index contributed by atoms with van der Waals surface area (Å²) in [6, 6.07) is 14.7. The molecule has 3 rings (SSSR count). The Bertz CT molecular complexity index is 857. The van der Waals surface area contributed by atoms with E-state index < -0.39 is 0 Å². The summed E-state index contributed by atoms with van der Waals surface area (Å²) in [5.41, 5.74) is 2.19. The standard InChI is InChI=1S/C25H33N3O3/c1-19(2)18-31-23-9-7-8-22(16-23)27-24(29)17-26-21-12-10-20(11-13-21)25(30)28-14-5-3-4-6-15-28/h7-13,16,19,26H,3-6,14-15,17-18H2,1-2H3,(H,27,29). The fourth-order valence-electron chi connectivity index (χ4n) is 3.50. The number of hydrogen-bond donors (Lipinski definition) is 2. The van der Waals surface area contributed by atoms with Gasteiger partial charge in [0.15, 0.2) is 0 Å². The molecule has 6 heteroatoms. The average molecular weight is 424 g/mol. The van der Waals surface area contributed by atoms with Gasteiger partial charge in [-0.1, -0.05) is 32.8 Å². The van der Waals surface area contributed by atoms with Gasteiger partial charge in [-0.15, -0.1) is 0 Å². The fraction of sp³-hybridized carbons (Fsp3) is 0.440. The molecule has 2 amide bonds. The normalized spacial score (nSPS) is 14.1. The number of ether oxygens (including phenoxy) is 1. The molecule has 1 aliphatic heterocycles. The van der Waals surface area contributed by atoms with Crippen molar-refractivity contribution in [1.29, 1.82) is 0 Å². The van der Waals surface area contributed by atoms with Gasteiger partial charge in [0.25, 0.3) is 5.91 Å². The molecule has 1 heterocycles. The van der Waals surface area contributed by atoms with Crippen LogP contribution < -0.4 is 15.4 Å². The monoisotopic (exact) mass is 423 g/mol. The third kappa shape index (κ3) is 7.31. The molecule has 2 aromatic rings. The van der Waals surface area contributed by atoms with E-state index in [-0.39, 0.29) is 18.4 Å². The van der Waals surface area contributed by atoms with E-state index in [4.69, 9.17) is 4.74 Å². The number of likely N-dealkylation sites (tertiary alicyclic amines) is 1. The number of carbonyl (C=O) groups is 2. The molecular weight excluding hydrogens is 390 g/mol. The number of amides is 2. The molecule has 6 nitrogen and oxygen atoms in total. The third-order valence-corrected chi connectivity index (χ3v) is 5.18. The quantitative estimate of drug-likeness (QED) is 0.641. The highest BCUT2D eigenvalue weighted by atomic mass is 16.5. The van der Waals surface area contributed by atoms with E-state index in [1.807, 2.05) is 53.4 Å². The van der Waals surface area contributed by atoms with Crippen LogP contribution in [0.1, 0.15) is 49.9 Å². The predicted octanol–water partition coefficient (Wildman–Crippen LogP) is 4.79. The Kier molecular flexibility index (Phi) is 8.33. The van der Waals surface area contributed by atoms with Gasteiger partial charge in [0.1, 0.15) is 5.75 Å². The lowest BCUT2D eigenvalue weighted by molar-refractivity contribution is -0.114. The van der Waals surface area contributed by atoms with Crippen molar-refractivity contribution < 1.29 is 14.3 Å². The van der Waals surface area contributed by atoms with E-state index in [1.165, 1.54) is 12.8 Å². The molecule has 0 aromatic heterocycles. The number of nitrogens with one attached hydrogen (secondary N) is 2. The van der Waals surface area contributed by atoms with Crippen molar-refractivity contribution in [3.63, 3.8) is 0 Å².